The number of hydrogen-bond donors (Lipinski definition) is 0. The lowest BCUT2D eigenvalue weighted by atomic mass is 10.0. The molecule has 0 aliphatic carbocycles. The smallest absolute Gasteiger partial charge is 0.414 e. The minimum Gasteiger partial charge on any atom is -0.497 e. The Morgan fingerprint density at radius 1 is 1.19 bits per heavy atom. The molecule has 2 aliphatic heterocycles. The minimum atomic E-state index is -0.329. The SMILES string of the molecule is COc1ccc2c(c1)CN(C(=O)c1ccccc1)CC[C@H]1COC(=O)N21. The van der Waals surface area contributed by atoms with Crippen molar-refractivity contribution in [1.29, 1.82) is 0 Å². The fraction of sp³-hybridized carbons (Fsp3) is 0.300. The van der Waals surface area contributed by atoms with Crippen LogP contribution in [0.5, 0.6) is 5.75 Å². The first-order valence-electron chi connectivity index (χ1n) is 8.64. The van der Waals surface area contributed by atoms with Crippen LogP contribution in [0.25, 0.3) is 0 Å². The van der Waals surface area contributed by atoms with Crippen molar-refractivity contribution in [2.45, 2.75) is 19.0 Å². The summed E-state index contributed by atoms with van der Waals surface area (Å²) in [5.74, 6) is 0.679. The van der Waals surface area contributed by atoms with E-state index in [2.05, 4.69) is 0 Å². The number of anilines is 1. The molecule has 0 aromatic heterocycles. The molecule has 0 unspecified atom stereocenters. The van der Waals surface area contributed by atoms with Crippen LogP contribution >= 0.6 is 0 Å². The molecule has 2 aromatic carbocycles. The zero-order valence-electron chi connectivity index (χ0n) is 14.6. The van der Waals surface area contributed by atoms with Gasteiger partial charge in [-0.2, -0.15) is 0 Å². The van der Waals surface area contributed by atoms with Gasteiger partial charge in [0.2, 0.25) is 0 Å². The highest BCUT2D eigenvalue weighted by atomic mass is 16.6. The standard InChI is InChI=1S/C20H20N2O4/c1-25-17-7-8-18-15(11-17)12-21(19(23)14-5-3-2-4-6-14)10-9-16-13-26-20(24)22(16)18/h2-8,11,16H,9-10,12-13H2,1H3/t16-/m0/s1. The van der Waals surface area contributed by atoms with Crippen LogP contribution in [0, 0.1) is 0 Å². The zero-order valence-corrected chi connectivity index (χ0v) is 14.6. The Hall–Kier alpha value is -3.02. The highest BCUT2D eigenvalue weighted by Crippen LogP contribution is 2.34. The zero-order chi connectivity index (χ0) is 18.1. The molecule has 4 rings (SSSR count). The van der Waals surface area contributed by atoms with Crippen LogP contribution < -0.4 is 9.64 Å². The van der Waals surface area contributed by atoms with E-state index >= 15 is 0 Å². The van der Waals surface area contributed by atoms with Gasteiger partial charge in [-0.1, -0.05) is 18.2 Å². The van der Waals surface area contributed by atoms with Gasteiger partial charge >= 0.3 is 6.09 Å². The molecule has 2 aliphatic rings. The summed E-state index contributed by atoms with van der Waals surface area (Å²) in [7, 11) is 1.60. The van der Waals surface area contributed by atoms with Crippen LogP contribution in [-0.4, -0.2) is 43.2 Å². The summed E-state index contributed by atoms with van der Waals surface area (Å²) in [5, 5.41) is 0. The monoisotopic (exact) mass is 352 g/mol. The maximum Gasteiger partial charge on any atom is 0.414 e. The Balaban J connectivity index is 1.73. The van der Waals surface area contributed by atoms with Gasteiger partial charge in [-0.15, -0.1) is 0 Å². The molecule has 6 nitrogen and oxygen atoms in total. The average molecular weight is 352 g/mol. The quantitative estimate of drug-likeness (QED) is 0.833. The summed E-state index contributed by atoms with van der Waals surface area (Å²) < 4.78 is 10.6. The topological polar surface area (TPSA) is 59.1 Å². The molecule has 1 fully saturated rings. The number of amides is 2. The van der Waals surface area contributed by atoms with Crippen molar-refractivity contribution in [3.8, 4) is 5.75 Å². The largest absolute Gasteiger partial charge is 0.497 e. The second-order valence-electron chi connectivity index (χ2n) is 6.48. The van der Waals surface area contributed by atoms with Gasteiger partial charge in [-0.05, 0) is 42.3 Å². The minimum absolute atomic E-state index is 0.0157. The highest BCUT2D eigenvalue weighted by Gasteiger charge is 2.37. The van der Waals surface area contributed by atoms with Crippen LogP contribution in [0.2, 0.25) is 0 Å². The second kappa shape index (κ2) is 6.71. The first-order chi connectivity index (χ1) is 12.7. The molecular formula is C20H20N2O4. The normalized spacial score (nSPS) is 19.1. The van der Waals surface area contributed by atoms with Gasteiger partial charge in [0.25, 0.3) is 5.91 Å². The molecule has 1 atom stereocenters. The van der Waals surface area contributed by atoms with Crippen molar-refractivity contribution in [1.82, 2.24) is 4.90 Å². The van der Waals surface area contributed by atoms with Gasteiger partial charge < -0.3 is 14.4 Å². The first-order valence-corrected chi connectivity index (χ1v) is 8.64. The third-order valence-corrected chi connectivity index (χ3v) is 4.91. The van der Waals surface area contributed by atoms with Crippen LogP contribution in [0.4, 0.5) is 10.5 Å². The van der Waals surface area contributed by atoms with E-state index in [-0.39, 0.29) is 18.0 Å². The summed E-state index contributed by atoms with van der Waals surface area (Å²) >= 11 is 0. The van der Waals surface area contributed by atoms with E-state index in [4.69, 9.17) is 9.47 Å². The van der Waals surface area contributed by atoms with Crippen molar-refractivity contribution in [2.75, 3.05) is 25.2 Å². The van der Waals surface area contributed by atoms with E-state index in [9.17, 15) is 9.59 Å². The number of carbonyl (C=O) groups is 2. The Labute approximate surface area is 151 Å². The third-order valence-electron chi connectivity index (χ3n) is 4.91. The molecule has 2 heterocycles. The molecule has 0 radical (unpaired) electrons. The lowest BCUT2D eigenvalue weighted by Crippen LogP contribution is -2.42. The predicted octanol–water partition coefficient (Wildman–Crippen LogP) is 3.07. The summed E-state index contributed by atoms with van der Waals surface area (Å²) in [6.07, 6.45) is 0.347. The van der Waals surface area contributed by atoms with Crippen molar-refractivity contribution in [3.05, 3.63) is 59.7 Å². The van der Waals surface area contributed by atoms with E-state index in [1.165, 1.54) is 0 Å². The van der Waals surface area contributed by atoms with Crippen LogP contribution in [0.1, 0.15) is 22.3 Å². The first kappa shape index (κ1) is 16.4. The fourth-order valence-corrected chi connectivity index (χ4v) is 3.54. The number of rotatable bonds is 2. The Morgan fingerprint density at radius 2 is 2.00 bits per heavy atom. The lowest BCUT2D eigenvalue weighted by Gasteiger charge is -2.32. The summed E-state index contributed by atoms with van der Waals surface area (Å²) in [4.78, 5) is 28.7. The Kier molecular flexibility index (Phi) is 4.24. The number of cyclic esters (lactones) is 1. The van der Waals surface area contributed by atoms with Gasteiger partial charge in [-0.25, -0.2) is 4.79 Å². The maximum atomic E-state index is 13.0. The van der Waals surface area contributed by atoms with Gasteiger partial charge in [0.15, 0.2) is 0 Å². The molecule has 0 spiro atoms. The Bertz CT molecular complexity index is 837. The lowest BCUT2D eigenvalue weighted by molar-refractivity contribution is 0.0734. The fourth-order valence-electron chi connectivity index (χ4n) is 3.54. The number of methoxy groups -OCH3 is 1. The average Bonchev–Trinajstić information content (AvgIpc) is 3.03. The van der Waals surface area contributed by atoms with Crippen molar-refractivity contribution < 1.29 is 19.1 Å². The van der Waals surface area contributed by atoms with Crippen molar-refractivity contribution in [3.63, 3.8) is 0 Å². The number of ether oxygens (including phenoxy) is 2. The van der Waals surface area contributed by atoms with E-state index in [1.54, 1.807) is 12.0 Å². The maximum absolute atomic E-state index is 13.0. The molecule has 2 amide bonds. The van der Waals surface area contributed by atoms with E-state index in [0.29, 0.717) is 37.4 Å². The number of hydrogen-bond acceptors (Lipinski definition) is 4. The summed E-state index contributed by atoms with van der Waals surface area (Å²) in [5.41, 5.74) is 2.31. The number of benzene rings is 2. The molecule has 0 N–H and O–H groups in total. The van der Waals surface area contributed by atoms with E-state index in [1.807, 2.05) is 53.4 Å². The van der Waals surface area contributed by atoms with Crippen LogP contribution in [0.3, 0.4) is 0 Å². The van der Waals surface area contributed by atoms with Crippen molar-refractivity contribution in [2.24, 2.45) is 0 Å². The van der Waals surface area contributed by atoms with E-state index in [0.717, 1.165) is 11.3 Å². The molecule has 1 saturated heterocycles. The molecule has 6 heteroatoms. The Morgan fingerprint density at radius 3 is 2.77 bits per heavy atom. The molecule has 0 bridgehead atoms. The second-order valence-corrected chi connectivity index (χ2v) is 6.48. The molecular weight excluding hydrogens is 332 g/mol. The number of carbonyl (C=O) groups excluding carboxylic acids is 2. The van der Waals surface area contributed by atoms with Crippen LogP contribution in [-0.2, 0) is 11.3 Å². The molecule has 0 saturated carbocycles. The molecule has 26 heavy (non-hydrogen) atoms. The highest BCUT2D eigenvalue weighted by molar-refractivity contribution is 5.95. The van der Waals surface area contributed by atoms with Crippen LogP contribution in [0.15, 0.2) is 48.5 Å². The summed E-state index contributed by atoms with van der Waals surface area (Å²) in [6, 6.07) is 14.8. The van der Waals surface area contributed by atoms with Gasteiger partial charge in [-0.3, -0.25) is 9.69 Å². The number of fused-ring (bicyclic) bond motifs is 3. The predicted molar refractivity (Wildman–Crippen MR) is 96.4 cm³/mol. The van der Waals surface area contributed by atoms with Gasteiger partial charge in [0.1, 0.15) is 12.4 Å². The van der Waals surface area contributed by atoms with E-state index < -0.39 is 0 Å². The van der Waals surface area contributed by atoms with Crippen molar-refractivity contribution >= 4 is 17.7 Å². The molecule has 2 aromatic rings. The van der Waals surface area contributed by atoms with Gasteiger partial charge in [0, 0.05) is 18.7 Å². The molecule has 134 valence electrons. The number of nitrogens with zero attached hydrogens (tertiary/aromatic N) is 2. The summed E-state index contributed by atoms with van der Waals surface area (Å²) in [6.45, 7) is 1.32. The van der Waals surface area contributed by atoms with Gasteiger partial charge in [0.05, 0.1) is 18.8 Å². The third kappa shape index (κ3) is 2.87.